The fourth-order valence-electron chi connectivity index (χ4n) is 3.89. The molecule has 0 spiro atoms. The summed E-state index contributed by atoms with van der Waals surface area (Å²) in [7, 11) is 0. The van der Waals surface area contributed by atoms with E-state index in [-0.39, 0.29) is 5.78 Å². The summed E-state index contributed by atoms with van der Waals surface area (Å²) in [6, 6.07) is 0. The van der Waals surface area contributed by atoms with Crippen molar-refractivity contribution in [3.05, 3.63) is 0 Å². The molecular formula is C23H45N3O. The zero-order valence-corrected chi connectivity index (χ0v) is 18.0. The number of carbonyl (C=O) groups excluding carboxylic acids is 1. The Bertz CT molecular complexity index is 395. The maximum atomic E-state index is 12.3. The number of ketones is 1. The predicted molar refractivity (Wildman–Crippen MR) is 117 cm³/mol. The minimum absolute atomic E-state index is 0.218. The Kier molecular flexibility index (Phi) is 15.4. The van der Waals surface area contributed by atoms with Crippen molar-refractivity contribution in [3.8, 4) is 0 Å². The number of amidine groups is 1. The molecule has 0 radical (unpaired) electrons. The summed E-state index contributed by atoms with van der Waals surface area (Å²) in [6.45, 7) is 5.23. The number of aliphatic imine (C=N–C) groups is 1. The van der Waals surface area contributed by atoms with Gasteiger partial charge in [-0.25, -0.2) is 0 Å². The molecular weight excluding hydrogens is 334 g/mol. The van der Waals surface area contributed by atoms with Crippen LogP contribution in [0.25, 0.3) is 0 Å². The fraction of sp³-hybridized carbons (Fsp3) is 0.913. The number of nitrogens with zero attached hydrogens (tertiary/aromatic N) is 2. The van der Waals surface area contributed by atoms with Gasteiger partial charge in [0, 0.05) is 26.1 Å². The first-order valence-electron chi connectivity index (χ1n) is 11.8. The quantitative estimate of drug-likeness (QED) is 0.302. The monoisotopic (exact) mass is 379 g/mol. The molecule has 0 atom stereocenters. The molecule has 1 aliphatic rings. The van der Waals surface area contributed by atoms with Crippen molar-refractivity contribution in [2.75, 3.05) is 26.2 Å². The highest BCUT2D eigenvalue weighted by atomic mass is 16.1. The topological polar surface area (TPSA) is 58.7 Å². The Morgan fingerprint density at radius 3 is 1.81 bits per heavy atom. The van der Waals surface area contributed by atoms with Gasteiger partial charge in [0.25, 0.3) is 0 Å². The van der Waals surface area contributed by atoms with E-state index >= 15 is 0 Å². The highest BCUT2D eigenvalue weighted by Crippen LogP contribution is 2.14. The van der Waals surface area contributed by atoms with Crippen LogP contribution in [0.4, 0.5) is 0 Å². The van der Waals surface area contributed by atoms with Crippen LogP contribution in [0.1, 0.15) is 110 Å². The Morgan fingerprint density at radius 1 is 0.852 bits per heavy atom. The summed E-state index contributed by atoms with van der Waals surface area (Å²) in [5, 5.41) is 0. The number of hydrogen-bond acceptors (Lipinski definition) is 4. The van der Waals surface area contributed by atoms with Crippen LogP contribution in [0, 0.1) is 0 Å². The van der Waals surface area contributed by atoms with Gasteiger partial charge in [0.15, 0.2) is 11.6 Å². The number of carbonyl (C=O) groups is 1. The van der Waals surface area contributed by atoms with Gasteiger partial charge < -0.3 is 10.6 Å². The van der Waals surface area contributed by atoms with E-state index in [0.29, 0.717) is 18.8 Å². The molecule has 1 aliphatic heterocycles. The molecule has 0 saturated carbocycles. The van der Waals surface area contributed by atoms with Crippen molar-refractivity contribution < 1.29 is 4.79 Å². The van der Waals surface area contributed by atoms with Crippen LogP contribution >= 0.6 is 0 Å². The van der Waals surface area contributed by atoms with E-state index in [0.717, 1.165) is 26.1 Å². The van der Waals surface area contributed by atoms with Gasteiger partial charge >= 0.3 is 0 Å². The maximum absolute atomic E-state index is 12.3. The van der Waals surface area contributed by atoms with Crippen molar-refractivity contribution in [2.24, 2.45) is 10.7 Å². The van der Waals surface area contributed by atoms with Gasteiger partial charge in [-0.3, -0.25) is 9.79 Å². The van der Waals surface area contributed by atoms with Crippen LogP contribution in [-0.2, 0) is 4.79 Å². The number of rotatable bonds is 19. The van der Waals surface area contributed by atoms with E-state index in [2.05, 4.69) is 11.9 Å². The van der Waals surface area contributed by atoms with Crippen molar-refractivity contribution in [1.29, 1.82) is 0 Å². The molecule has 0 bridgehead atoms. The smallest absolute Gasteiger partial charge is 0.197 e. The number of nitrogens with two attached hydrogens (primary N) is 1. The molecule has 4 nitrogen and oxygen atoms in total. The van der Waals surface area contributed by atoms with E-state index in [1.54, 1.807) is 0 Å². The lowest BCUT2D eigenvalue weighted by atomic mass is 10.0. The van der Waals surface area contributed by atoms with Crippen LogP contribution in [-0.4, -0.2) is 42.7 Å². The Hall–Kier alpha value is -0.900. The zero-order valence-electron chi connectivity index (χ0n) is 18.0. The van der Waals surface area contributed by atoms with E-state index in [9.17, 15) is 4.79 Å². The molecule has 2 N–H and O–H groups in total. The Labute approximate surface area is 168 Å². The van der Waals surface area contributed by atoms with E-state index in [1.165, 1.54) is 89.9 Å². The highest BCUT2D eigenvalue weighted by molar-refractivity contribution is 6.39. The molecule has 0 aromatic rings. The first kappa shape index (κ1) is 24.1. The van der Waals surface area contributed by atoms with Crippen LogP contribution in [0.15, 0.2) is 4.99 Å². The number of Topliss-reactive ketones (excluding diaryl/α,β-unsaturated/α-hetero) is 1. The summed E-state index contributed by atoms with van der Waals surface area (Å²) in [5.74, 6) is 0.904. The van der Waals surface area contributed by atoms with Gasteiger partial charge in [-0.1, -0.05) is 96.8 Å². The predicted octanol–water partition coefficient (Wildman–Crippen LogP) is 5.49. The standard InChI is InChI=1S/C23H45N3O/c1-2-3-4-5-6-7-8-9-10-11-12-13-14-15-16-17-22(27)23-25-19-21-26(23)20-18-24/h2-21,24H2,1H3. The van der Waals surface area contributed by atoms with Gasteiger partial charge in [-0.2, -0.15) is 0 Å². The van der Waals surface area contributed by atoms with Crippen LogP contribution in [0.2, 0.25) is 0 Å². The number of unbranched alkanes of at least 4 members (excludes halogenated alkanes) is 14. The molecule has 0 aromatic carbocycles. The maximum Gasteiger partial charge on any atom is 0.197 e. The second-order valence-electron chi connectivity index (χ2n) is 8.10. The van der Waals surface area contributed by atoms with Gasteiger partial charge in [-0.15, -0.1) is 0 Å². The second kappa shape index (κ2) is 17.2. The molecule has 158 valence electrons. The van der Waals surface area contributed by atoms with Crippen molar-refractivity contribution in [1.82, 2.24) is 4.90 Å². The minimum Gasteiger partial charge on any atom is -0.351 e. The average Bonchev–Trinajstić information content (AvgIpc) is 3.13. The SMILES string of the molecule is CCCCCCCCCCCCCCCCCC(=O)C1=NCCN1CCN. The molecule has 0 aromatic heterocycles. The lowest BCUT2D eigenvalue weighted by Gasteiger charge is -2.18. The average molecular weight is 380 g/mol. The summed E-state index contributed by atoms with van der Waals surface area (Å²) in [4.78, 5) is 18.7. The molecule has 0 amide bonds. The molecule has 1 heterocycles. The molecule has 0 saturated heterocycles. The van der Waals surface area contributed by atoms with Crippen molar-refractivity contribution >= 4 is 11.6 Å². The molecule has 4 heteroatoms. The minimum atomic E-state index is 0.218. The molecule has 0 fully saturated rings. The van der Waals surface area contributed by atoms with Crippen LogP contribution in [0.3, 0.4) is 0 Å². The third-order valence-corrected chi connectivity index (χ3v) is 5.59. The van der Waals surface area contributed by atoms with E-state index in [4.69, 9.17) is 5.73 Å². The van der Waals surface area contributed by atoms with Crippen LogP contribution < -0.4 is 5.73 Å². The Balaban J connectivity index is 1.83. The molecule has 0 aliphatic carbocycles. The summed E-state index contributed by atoms with van der Waals surface area (Å²) in [6.07, 6.45) is 20.9. The third kappa shape index (κ3) is 12.2. The normalized spacial score (nSPS) is 14.0. The number of hydrogen-bond donors (Lipinski definition) is 1. The van der Waals surface area contributed by atoms with Crippen molar-refractivity contribution in [2.45, 2.75) is 110 Å². The van der Waals surface area contributed by atoms with E-state index < -0.39 is 0 Å². The van der Waals surface area contributed by atoms with Gasteiger partial charge in [-0.05, 0) is 6.42 Å². The summed E-state index contributed by atoms with van der Waals surface area (Å²) >= 11 is 0. The second-order valence-corrected chi connectivity index (χ2v) is 8.10. The van der Waals surface area contributed by atoms with Gasteiger partial charge in [0.05, 0.1) is 6.54 Å². The summed E-state index contributed by atoms with van der Waals surface area (Å²) < 4.78 is 0. The fourth-order valence-corrected chi connectivity index (χ4v) is 3.89. The van der Waals surface area contributed by atoms with Crippen molar-refractivity contribution in [3.63, 3.8) is 0 Å². The highest BCUT2D eigenvalue weighted by Gasteiger charge is 2.22. The largest absolute Gasteiger partial charge is 0.351 e. The van der Waals surface area contributed by atoms with Crippen LogP contribution in [0.5, 0.6) is 0 Å². The first-order chi connectivity index (χ1) is 13.3. The molecule has 27 heavy (non-hydrogen) atoms. The lowest BCUT2D eigenvalue weighted by Crippen LogP contribution is -2.37. The molecule has 1 rings (SSSR count). The first-order valence-corrected chi connectivity index (χ1v) is 11.8. The Morgan fingerprint density at radius 2 is 1.33 bits per heavy atom. The van der Waals surface area contributed by atoms with Gasteiger partial charge in [0.2, 0.25) is 0 Å². The zero-order chi connectivity index (χ0) is 19.6. The third-order valence-electron chi connectivity index (χ3n) is 5.59. The van der Waals surface area contributed by atoms with Gasteiger partial charge in [0.1, 0.15) is 0 Å². The van der Waals surface area contributed by atoms with E-state index in [1.807, 2.05) is 4.90 Å². The summed E-state index contributed by atoms with van der Waals surface area (Å²) in [5.41, 5.74) is 5.60. The molecule has 0 unspecified atom stereocenters. The lowest BCUT2D eigenvalue weighted by molar-refractivity contribution is -0.113.